The van der Waals surface area contributed by atoms with Crippen molar-refractivity contribution in [1.82, 2.24) is 15.0 Å². The molecule has 4 heteroatoms. The fraction of sp³-hybridized carbons (Fsp3) is 0. The molecule has 0 aliphatic heterocycles. The van der Waals surface area contributed by atoms with Gasteiger partial charge in [-0.25, -0.2) is 15.0 Å². The zero-order chi connectivity index (χ0) is 32.6. The third-order valence-electron chi connectivity index (χ3n) is 8.91. The molecule has 3 nitrogen and oxygen atoms in total. The molecule has 2 heterocycles. The lowest BCUT2D eigenvalue weighted by Gasteiger charge is -2.13. The van der Waals surface area contributed by atoms with E-state index in [2.05, 4.69) is 115 Å². The molecular formula is C45H29N3S. The Labute approximate surface area is 288 Å². The van der Waals surface area contributed by atoms with Crippen LogP contribution in [0.4, 0.5) is 0 Å². The molecule has 0 radical (unpaired) electrons. The fourth-order valence-electron chi connectivity index (χ4n) is 6.52. The van der Waals surface area contributed by atoms with Gasteiger partial charge in [0.1, 0.15) is 0 Å². The Hall–Kier alpha value is -6.23. The lowest BCUT2D eigenvalue weighted by molar-refractivity contribution is 1.07. The van der Waals surface area contributed by atoms with Crippen LogP contribution in [0, 0.1) is 0 Å². The smallest absolute Gasteiger partial charge is 0.164 e. The first-order valence-corrected chi connectivity index (χ1v) is 17.2. The van der Waals surface area contributed by atoms with Gasteiger partial charge in [0.15, 0.2) is 17.5 Å². The van der Waals surface area contributed by atoms with Gasteiger partial charge in [0, 0.05) is 36.9 Å². The van der Waals surface area contributed by atoms with Gasteiger partial charge in [-0.2, -0.15) is 0 Å². The Morgan fingerprint density at radius 2 is 0.776 bits per heavy atom. The van der Waals surface area contributed by atoms with E-state index in [1.54, 1.807) is 0 Å². The highest BCUT2D eigenvalue weighted by molar-refractivity contribution is 7.26. The maximum Gasteiger partial charge on any atom is 0.164 e. The molecule has 2 aromatic heterocycles. The molecule has 0 bridgehead atoms. The second-order valence-corrected chi connectivity index (χ2v) is 13.1. The molecule has 0 atom stereocenters. The van der Waals surface area contributed by atoms with Crippen LogP contribution in [0.1, 0.15) is 0 Å². The van der Waals surface area contributed by atoms with Crippen LogP contribution < -0.4 is 0 Å². The highest BCUT2D eigenvalue weighted by Crippen LogP contribution is 2.43. The molecule has 49 heavy (non-hydrogen) atoms. The van der Waals surface area contributed by atoms with E-state index in [4.69, 9.17) is 15.0 Å². The van der Waals surface area contributed by atoms with E-state index < -0.39 is 0 Å². The number of aromatic nitrogens is 3. The summed E-state index contributed by atoms with van der Waals surface area (Å²) in [7, 11) is 0. The Bertz CT molecular complexity index is 2460. The first-order chi connectivity index (χ1) is 24.3. The van der Waals surface area contributed by atoms with Crippen LogP contribution in [0.25, 0.3) is 87.7 Å². The van der Waals surface area contributed by atoms with Gasteiger partial charge in [0.05, 0.1) is 0 Å². The van der Waals surface area contributed by atoms with Crippen molar-refractivity contribution >= 4 is 31.5 Å². The third-order valence-corrected chi connectivity index (χ3v) is 10.0. The lowest BCUT2D eigenvalue weighted by Crippen LogP contribution is -2.00. The first-order valence-electron chi connectivity index (χ1n) is 16.4. The molecule has 9 rings (SSSR count). The van der Waals surface area contributed by atoms with Crippen LogP contribution in [0.15, 0.2) is 176 Å². The average Bonchev–Trinajstić information content (AvgIpc) is 3.57. The minimum absolute atomic E-state index is 0.656. The van der Waals surface area contributed by atoms with Crippen LogP contribution in [-0.4, -0.2) is 15.0 Å². The summed E-state index contributed by atoms with van der Waals surface area (Å²) < 4.78 is 2.48. The monoisotopic (exact) mass is 643 g/mol. The van der Waals surface area contributed by atoms with Crippen LogP contribution >= 0.6 is 11.3 Å². The molecule has 0 fully saturated rings. The lowest BCUT2D eigenvalue weighted by atomic mass is 9.91. The second-order valence-electron chi connectivity index (χ2n) is 12.1. The number of nitrogens with zero attached hydrogens (tertiary/aromatic N) is 3. The van der Waals surface area contributed by atoms with Gasteiger partial charge >= 0.3 is 0 Å². The van der Waals surface area contributed by atoms with Crippen LogP contribution in [0.3, 0.4) is 0 Å². The zero-order valence-electron chi connectivity index (χ0n) is 26.5. The van der Waals surface area contributed by atoms with E-state index >= 15 is 0 Å². The number of fused-ring (bicyclic) bond motifs is 3. The largest absolute Gasteiger partial charge is 0.208 e. The normalized spacial score (nSPS) is 11.3. The highest BCUT2D eigenvalue weighted by atomic mass is 32.1. The molecule has 0 unspecified atom stereocenters. The summed E-state index contributed by atoms with van der Waals surface area (Å²) in [4.78, 5) is 14.9. The summed E-state index contributed by atoms with van der Waals surface area (Å²) in [5.41, 5.74) is 10.1. The molecule has 230 valence electrons. The van der Waals surface area contributed by atoms with Crippen LogP contribution in [0.2, 0.25) is 0 Å². The minimum atomic E-state index is 0.656. The highest BCUT2D eigenvalue weighted by Gasteiger charge is 2.17. The number of thiophene rings is 1. The molecule has 0 aliphatic rings. The van der Waals surface area contributed by atoms with Crippen molar-refractivity contribution in [3.8, 4) is 67.5 Å². The SMILES string of the molecule is c1ccc(-c2cc(-c3ccccc3)cc(-c3cccc4sc5ccc(-c6nc(-c7ccccc7)nc(-c7ccccc7)n6)cc5c34)c2)cc1. The maximum absolute atomic E-state index is 5.02. The van der Waals surface area contributed by atoms with Gasteiger partial charge in [-0.05, 0) is 75.8 Å². The van der Waals surface area contributed by atoms with Crippen molar-refractivity contribution in [2.24, 2.45) is 0 Å². The molecule has 0 aliphatic carbocycles. The summed E-state index contributed by atoms with van der Waals surface area (Å²) in [6, 6.07) is 61.8. The summed E-state index contributed by atoms with van der Waals surface area (Å²) in [5, 5.41) is 2.44. The van der Waals surface area contributed by atoms with Gasteiger partial charge in [-0.15, -0.1) is 11.3 Å². The fourth-order valence-corrected chi connectivity index (χ4v) is 7.63. The summed E-state index contributed by atoms with van der Waals surface area (Å²) in [6.45, 7) is 0. The minimum Gasteiger partial charge on any atom is -0.208 e. The summed E-state index contributed by atoms with van der Waals surface area (Å²) in [6.07, 6.45) is 0. The molecule has 0 N–H and O–H groups in total. The quantitative estimate of drug-likeness (QED) is 0.181. The van der Waals surface area contributed by atoms with Crippen molar-refractivity contribution in [2.75, 3.05) is 0 Å². The van der Waals surface area contributed by atoms with E-state index in [1.807, 2.05) is 72.0 Å². The number of benzene rings is 7. The van der Waals surface area contributed by atoms with Gasteiger partial charge < -0.3 is 0 Å². The van der Waals surface area contributed by atoms with Crippen molar-refractivity contribution in [3.05, 3.63) is 176 Å². The predicted molar refractivity (Wildman–Crippen MR) is 205 cm³/mol. The van der Waals surface area contributed by atoms with Gasteiger partial charge in [-0.3, -0.25) is 0 Å². The number of hydrogen-bond acceptors (Lipinski definition) is 4. The van der Waals surface area contributed by atoms with E-state index in [-0.39, 0.29) is 0 Å². The maximum atomic E-state index is 5.02. The Balaban J connectivity index is 1.25. The summed E-state index contributed by atoms with van der Waals surface area (Å²) in [5.74, 6) is 1.97. The first kappa shape index (κ1) is 29.0. The van der Waals surface area contributed by atoms with Crippen LogP contribution in [0.5, 0.6) is 0 Å². The van der Waals surface area contributed by atoms with Crippen molar-refractivity contribution < 1.29 is 0 Å². The van der Waals surface area contributed by atoms with Gasteiger partial charge in [0.2, 0.25) is 0 Å². The standard InChI is InChI=1S/C45H29N3S/c1-5-14-30(15-6-1)35-26-36(31-16-7-2-8-17-31)28-37(27-35)38-22-13-23-41-42(38)39-29-34(24-25-40(39)49-41)45-47-43(32-18-9-3-10-19-32)46-44(48-45)33-20-11-4-12-21-33/h1-29H. The van der Waals surface area contributed by atoms with Crippen molar-refractivity contribution in [1.29, 1.82) is 0 Å². The van der Waals surface area contributed by atoms with E-state index in [0.29, 0.717) is 17.5 Å². The van der Waals surface area contributed by atoms with E-state index in [1.165, 1.54) is 53.6 Å². The zero-order valence-corrected chi connectivity index (χ0v) is 27.3. The van der Waals surface area contributed by atoms with Crippen molar-refractivity contribution in [3.63, 3.8) is 0 Å². The summed E-state index contributed by atoms with van der Waals surface area (Å²) >= 11 is 1.82. The molecule has 7 aromatic carbocycles. The molecular weight excluding hydrogens is 615 g/mol. The Morgan fingerprint density at radius 1 is 0.306 bits per heavy atom. The Kier molecular flexibility index (Phi) is 7.34. The predicted octanol–water partition coefficient (Wildman–Crippen LogP) is 12.2. The molecule has 0 amide bonds. The van der Waals surface area contributed by atoms with Gasteiger partial charge in [0.25, 0.3) is 0 Å². The third kappa shape index (κ3) is 5.58. The molecule has 9 aromatic rings. The van der Waals surface area contributed by atoms with Crippen LogP contribution in [-0.2, 0) is 0 Å². The molecule has 0 spiro atoms. The van der Waals surface area contributed by atoms with E-state index in [0.717, 1.165) is 16.7 Å². The van der Waals surface area contributed by atoms with Gasteiger partial charge in [-0.1, -0.05) is 133 Å². The second kappa shape index (κ2) is 12.4. The topological polar surface area (TPSA) is 38.7 Å². The molecule has 0 saturated heterocycles. The number of hydrogen-bond donors (Lipinski definition) is 0. The van der Waals surface area contributed by atoms with Crippen molar-refractivity contribution in [2.45, 2.75) is 0 Å². The number of rotatable bonds is 6. The average molecular weight is 644 g/mol. The van der Waals surface area contributed by atoms with E-state index in [9.17, 15) is 0 Å². The Morgan fingerprint density at radius 3 is 1.31 bits per heavy atom. The molecule has 0 saturated carbocycles.